The number of carbonyl (C=O) groups is 4. The Morgan fingerprint density at radius 3 is 2.65 bits per heavy atom. The minimum atomic E-state index is -0.715. The third kappa shape index (κ3) is 4.02. The third-order valence-corrected chi connectivity index (χ3v) is 3.07. The quantitative estimate of drug-likeness (QED) is 0.571. The van der Waals surface area contributed by atoms with Gasteiger partial charge < -0.3 is 5.32 Å². The number of likely N-dealkylation sites (tertiary alicyclic amines) is 1. The third-order valence-electron chi connectivity index (χ3n) is 3.07. The summed E-state index contributed by atoms with van der Waals surface area (Å²) in [6.45, 7) is 3.70. The van der Waals surface area contributed by atoms with Gasteiger partial charge in [0.1, 0.15) is 0 Å². The van der Waals surface area contributed by atoms with E-state index in [1.165, 1.54) is 7.05 Å². The Labute approximate surface area is 117 Å². The fourth-order valence-corrected chi connectivity index (χ4v) is 1.87. The molecule has 1 heterocycles. The summed E-state index contributed by atoms with van der Waals surface area (Å²) in [4.78, 5) is 47.2. The van der Waals surface area contributed by atoms with Crippen LogP contribution in [0.3, 0.4) is 0 Å². The van der Waals surface area contributed by atoms with Crippen LogP contribution in [0.15, 0.2) is 0 Å². The van der Waals surface area contributed by atoms with Crippen molar-refractivity contribution in [3.63, 3.8) is 0 Å². The van der Waals surface area contributed by atoms with E-state index >= 15 is 0 Å². The number of hydrogen-bond acceptors (Lipinski definition) is 5. The molecule has 2 unspecified atom stereocenters. The molecule has 1 aliphatic rings. The highest BCUT2D eigenvalue weighted by Gasteiger charge is 2.33. The zero-order chi connectivity index (χ0) is 15.3. The largest absolute Gasteiger partial charge is 0.338 e. The van der Waals surface area contributed by atoms with Crippen molar-refractivity contribution in [3.05, 3.63) is 0 Å². The van der Waals surface area contributed by atoms with E-state index in [0.29, 0.717) is 13.0 Å². The molecule has 0 aromatic rings. The van der Waals surface area contributed by atoms with Crippen molar-refractivity contribution in [3.8, 4) is 0 Å². The van der Waals surface area contributed by atoms with Crippen LogP contribution in [0, 0.1) is 0 Å². The van der Waals surface area contributed by atoms with Crippen LogP contribution in [0.4, 0.5) is 4.79 Å². The van der Waals surface area contributed by atoms with Gasteiger partial charge in [0.05, 0.1) is 12.1 Å². The van der Waals surface area contributed by atoms with Crippen molar-refractivity contribution in [1.29, 1.82) is 0 Å². The zero-order valence-electron chi connectivity index (χ0n) is 11.9. The first-order valence-corrected chi connectivity index (χ1v) is 6.52. The average Bonchev–Trinajstić information content (AvgIpc) is 2.39. The monoisotopic (exact) mass is 284 g/mol. The summed E-state index contributed by atoms with van der Waals surface area (Å²) >= 11 is 0. The fraction of sp³-hybridized carbons (Fsp3) is 0.667. The molecule has 0 radical (unpaired) electrons. The Kier molecular flexibility index (Phi) is 5.63. The standard InChI is InChI=1S/C12H20N4O4/c1-4-13-12(20)15-10(18)7(2)14-8-5-6-9(17)16(3)11(8)19/h7-8,14H,4-6H2,1-3H3,(H2,13,15,18,20). The lowest BCUT2D eigenvalue weighted by Crippen LogP contribution is -2.57. The highest BCUT2D eigenvalue weighted by Crippen LogP contribution is 2.11. The van der Waals surface area contributed by atoms with Crippen molar-refractivity contribution < 1.29 is 19.2 Å². The average molecular weight is 284 g/mol. The maximum Gasteiger partial charge on any atom is 0.321 e. The summed E-state index contributed by atoms with van der Waals surface area (Å²) in [5, 5.41) is 7.43. The van der Waals surface area contributed by atoms with Crippen LogP contribution in [0.5, 0.6) is 0 Å². The Morgan fingerprint density at radius 1 is 1.40 bits per heavy atom. The molecule has 1 aliphatic heterocycles. The molecule has 1 saturated heterocycles. The number of rotatable bonds is 4. The van der Waals surface area contributed by atoms with Gasteiger partial charge in [0.15, 0.2) is 0 Å². The number of amides is 5. The van der Waals surface area contributed by atoms with Crippen molar-refractivity contribution >= 4 is 23.8 Å². The van der Waals surface area contributed by atoms with E-state index in [1.54, 1.807) is 13.8 Å². The lowest BCUT2D eigenvalue weighted by atomic mass is 10.0. The molecule has 0 aromatic heterocycles. The summed E-state index contributed by atoms with van der Waals surface area (Å²) in [7, 11) is 1.41. The van der Waals surface area contributed by atoms with Crippen LogP contribution in [0.25, 0.3) is 0 Å². The molecule has 8 heteroatoms. The SMILES string of the molecule is CCNC(=O)NC(=O)C(C)NC1CCC(=O)N(C)C1=O. The van der Waals surface area contributed by atoms with Crippen LogP contribution >= 0.6 is 0 Å². The van der Waals surface area contributed by atoms with E-state index in [9.17, 15) is 19.2 Å². The summed E-state index contributed by atoms with van der Waals surface area (Å²) in [5.74, 6) is -1.12. The molecule has 1 rings (SSSR count). The minimum Gasteiger partial charge on any atom is -0.338 e. The summed E-state index contributed by atoms with van der Waals surface area (Å²) in [6.07, 6.45) is 0.603. The molecule has 112 valence electrons. The predicted molar refractivity (Wildman–Crippen MR) is 70.6 cm³/mol. The van der Waals surface area contributed by atoms with Gasteiger partial charge in [-0.2, -0.15) is 0 Å². The summed E-state index contributed by atoms with van der Waals surface area (Å²) in [5.41, 5.74) is 0. The van der Waals surface area contributed by atoms with Crippen molar-refractivity contribution in [1.82, 2.24) is 20.9 Å². The topological polar surface area (TPSA) is 108 Å². The van der Waals surface area contributed by atoms with Gasteiger partial charge in [0.25, 0.3) is 0 Å². The first-order chi connectivity index (χ1) is 9.36. The first kappa shape index (κ1) is 16.1. The number of nitrogens with zero attached hydrogens (tertiary/aromatic N) is 1. The molecule has 0 aromatic carbocycles. The number of urea groups is 1. The van der Waals surface area contributed by atoms with Crippen LogP contribution in [-0.2, 0) is 14.4 Å². The number of carbonyl (C=O) groups excluding carboxylic acids is 4. The normalized spacial score (nSPS) is 20.6. The van der Waals surface area contributed by atoms with E-state index in [-0.39, 0.29) is 18.2 Å². The smallest absolute Gasteiger partial charge is 0.321 e. The number of likely N-dealkylation sites (N-methyl/N-ethyl adjacent to an activating group) is 1. The first-order valence-electron chi connectivity index (χ1n) is 6.52. The Bertz CT molecular complexity index is 424. The highest BCUT2D eigenvalue weighted by atomic mass is 16.2. The summed E-state index contributed by atoms with van der Waals surface area (Å²) in [6, 6.07) is -1.88. The van der Waals surface area contributed by atoms with Crippen LogP contribution < -0.4 is 16.0 Å². The van der Waals surface area contributed by atoms with Crippen LogP contribution in [0.1, 0.15) is 26.7 Å². The van der Waals surface area contributed by atoms with Gasteiger partial charge in [-0.15, -0.1) is 0 Å². The zero-order valence-corrected chi connectivity index (χ0v) is 11.9. The number of imide groups is 2. The van der Waals surface area contributed by atoms with Gasteiger partial charge >= 0.3 is 6.03 Å². The lowest BCUT2D eigenvalue weighted by Gasteiger charge is -2.29. The van der Waals surface area contributed by atoms with E-state index in [4.69, 9.17) is 0 Å². The van der Waals surface area contributed by atoms with E-state index in [1.807, 2.05) is 0 Å². The molecule has 3 N–H and O–H groups in total. The van der Waals surface area contributed by atoms with E-state index in [2.05, 4.69) is 16.0 Å². The number of piperidine rings is 1. The fourth-order valence-electron chi connectivity index (χ4n) is 1.87. The van der Waals surface area contributed by atoms with Crippen LogP contribution in [0.2, 0.25) is 0 Å². The van der Waals surface area contributed by atoms with Crippen LogP contribution in [-0.4, -0.2) is 54.3 Å². The van der Waals surface area contributed by atoms with Gasteiger partial charge in [0, 0.05) is 20.0 Å². The number of hydrogen-bond donors (Lipinski definition) is 3. The molecular formula is C12H20N4O4. The predicted octanol–water partition coefficient (Wildman–Crippen LogP) is -1.04. The van der Waals surface area contributed by atoms with Crippen molar-refractivity contribution in [2.45, 2.75) is 38.8 Å². The van der Waals surface area contributed by atoms with Gasteiger partial charge in [0.2, 0.25) is 17.7 Å². The van der Waals surface area contributed by atoms with Gasteiger partial charge in [-0.05, 0) is 20.3 Å². The van der Waals surface area contributed by atoms with Crippen molar-refractivity contribution in [2.24, 2.45) is 0 Å². The van der Waals surface area contributed by atoms with Crippen molar-refractivity contribution in [2.75, 3.05) is 13.6 Å². The van der Waals surface area contributed by atoms with E-state index in [0.717, 1.165) is 4.90 Å². The Balaban J connectivity index is 2.51. The molecule has 2 atom stereocenters. The molecule has 0 bridgehead atoms. The van der Waals surface area contributed by atoms with Gasteiger partial charge in [-0.3, -0.25) is 29.9 Å². The second kappa shape index (κ2) is 6.99. The molecule has 0 saturated carbocycles. The maximum absolute atomic E-state index is 11.9. The van der Waals surface area contributed by atoms with Gasteiger partial charge in [-0.1, -0.05) is 0 Å². The van der Waals surface area contributed by atoms with Gasteiger partial charge in [-0.25, -0.2) is 4.79 Å². The second-order valence-electron chi connectivity index (χ2n) is 4.62. The Morgan fingerprint density at radius 2 is 2.05 bits per heavy atom. The molecule has 5 amide bonds. The Hall–Kier alpha value is -1.96. The minimum absolute atomic E-state index is 0.229. The molecular weight excluding hydrogens is 264 g/mol. The molecule has 20 heavy (non-hydrogen) atoms. The van der Waals surface area contributed by atoms with E-state index < -0.39 is 24.0 Å². The summed E-state index contributed by atoms with van der Waals surface area (Å²) < 4.78 is 0. The molecule has 8 nitrogen and oxygen atoms in total. The maximum atomic E-state index is 11.9. The highest BCUT2D eigenvalue weighted by molar-refractivity contribution is 6.01. The molecule has 0 aliphatic carbocycles. The molecule has 1 fully saturated rings. The lowest BCUT2D eigenvalue weighted by molar-refractivity contribution is -0.148. The number of nitrogens with one attached hydrogen (secondary N) is 3. The second-order valence-corrected chi connectivity index (χ2v) is 4.62. The molecule has 0 spiro atoms.